The van der Waals surface area contributed by atoms with E-state index in [4.69, 9.17) is 4.42 Å². The quantitative estimate of drug-likeness (QED) is 0.295. The van der Waals surface area contributed by atoms with Crippen molar-refractivity contribution in [3.8, 4) is 0 Å². The van der Waals surface area contributed by atoms with E-state index < -0.39 is 4.92 Å². The van der Waals surface area contributed by atoms with Crippen LogP contribution in [0.3, 0.4) is 0 Å². The van der Waals surface area contributed by atoms with Crippen LogP contribution in [0.15, 0.2) is 58.0 Å². The standard InChI is InChI=1S/C28H30N4O5/c1-3-4-6-19-9-13-21(14-10-19)29-28(34)27-18(2)26-23(7-5-8-24(26)37-27)30-31-25(33)17-20-11-15-22(16-12-20)32(35)36/h9-16H,3-8,17H2,1-2H3,(H,29,34)(H,31,33)/b30-23+. The first-order valence-electron chi connectivity index (χ1n) is 12.5. The van der Waals surface area contributed by atoms with Gasteiger partial charge in [0.2, 0.25) is 5.91 Å². The molecule has 0 saturated heterocycles. The third kappa shape index (κ3) is 6.30. The molecule has 0 unspecified atom stereocenters. The molecule has 0 saturated carbocycles. The smallest absolute Gasteiger partial charge is 0.291 e. The van der Waals surface area contributed by atoms with Gasteiger partial charge in [-0.1, -0.05) is 37.6 Å². The number of nitrogens with one attached hydrogen (secondary N) is 2. The Balaban J connectivity index is 1.43. The molecule has 1 aliphatic carbocycles. The van der Waals surface area contributed by atoms with Gasteiger partial charge in [0.05, 0.1) is 17.1 Å². The lowest BCUT2D eigenvalue weighted by atomic mass is 9.93. The molecule has 2 aromatic carbocycles. The number of nitro groups is 1. The fraction of sp³-hybridized carbons (Fsp3) is 0.321. The predicted octanol–water partition coefficient (Wildman–Crippen LogP) is 5.49. The van der Waals surface area contributed by atoms with Crippen molar-refractivity contribution in [1.82, 2.24) is 5.43 Å². The van der Waals surface area contributed by atoms with Crippen molar-refractivity contribution in [2.75, 3.05) is 5.32 Å². The number of amides is 2. The number of furan rings is 1. The highest BCUT2D eigenvalue weighted by atomic mass is 16.6. The van der Waals surface area contributed by atoms with Crippen LogP contribution in [-0.4, -0.2) is 22.4 Å². The Bertz CT molecular complexity index is 1320. The summed E-state index contributed by atoms with van der Waals surface area (Å²) in [6.07, 6.45) is 5.44. The van der Waals surface area contributed by atoms with Gasteiger partial charge >= 0.3 is 0 Å². The summed E-state index contributed by atoms with van der Waals surface area (Å²) in [7, 11) is 0. The lowest BCUT2D eigenvalue weighted by Gasteiger charge is -2.13. The van der Waals surface area contributed by atoms with Crippen molar-refractivity contribution in [2.24, 2.45) is 5.10 Å². The van der Waals surface area contributed by atoms with Crippen molar-refractivity contribution < 1.29 is 18.9 Å². The van der Waals surface area contributed by atoms with E-state index in [0.29, 0.717) is 41.1 Å². The van der Waals surface area contributed by atoms with Gasteiger partial charge in [-0.05, 0) is 55.9 Å². The van der Waals surface area contributed by atoms with Crippen LogP contribution in [0.1, 0.15) is 71.2 Å². The second kappa shape index (κ2) is 11.6. The van der Waals surface area contributed by atoms with E-state index in [1.807, 2.05) is 31.2 Å². The zero-order chi connectivity index (χ0) is 26.4. The molecule has 9 heteroatoms. The minimum absolute atomic E-state index is 0.0293. The Morgan fingerprint density at radius 1 is 1.05 bits per heavy atom. The highest BCUT2D eigenvalue weighted by molar-refractivity contribution is 6.09. The summed E-state index contributed by atoms with van der Waals surface area (Å²) in [5, 5.41) is 18.0. The number of fused-ring (bicyclic) bond motifs is 1. The average molecular weight is 503 g/mol. The molecular formula is C28H30N4O5. The third-order valence-corrected chi connectivity index (χ3v) is 6.39. The number of carbonyl (C=O) groups is 2. The fourth-order valence-corrected chi connectivity index (χ4v) is 4.41. The van der Waals surface area contributed by atoms with E-state index in [1.54, 1.807) is 12.1 Å². The van der Waals surface area contributed by atoms with E-state index in [-0.39, 0.29) is 29.7 Å². The van der Waals surface area contributed by atoms with Gasteiger partial charge in [0.25, 0.3) is 11.6 Å². The van der Waals surface area contributed by atoms with E-state index in [0.717, 1.165) is 31.2 Å². The van der Waals surface area contributed by atoms with Crippen LogP contribution < -0.4 is 10.7 Å². The first kappa shape index (κ1) is 25.8. The van der Waals surface area contributed by atoms with Crippen molar-refractivity contribution >= 4 is 28.9 Å². The Labute approximate surface area is 215 Å². The fourth-order valence-electron chi connectivity index (χ4n) is 4.41. The van der Waals surface area contributed by atoms with Gasteiger partial charge in [0, 0.05) is 35.4 Å². The summed E-state index contributed by atoms with van der Waals surface area (Å²) in [4.78, 5) is 35.7. The maximum atomic E-state index is 13.0. The van der Waals surface area contributed by atoms with Gasteiger partial charge in [0.15, 0.2) is 5.76 Å². The second-order valence-electron chi connectivity index (χ2n) is 9.16. The molecule has 192 valence electrons. The Kier molecular flexibility index (Phi) is 8.12. The molecule has 1 aliphatic rings. The lowest BCUT2D eigenvalue weighted by molar-refractivity contribution is -0.384. The zero-order valence-corrected chi connectivity index (χ0v) is 21.0. The molecule has 4 rings (SSSR count). The van der Waals surface area contributed by atoms with Crippen molar-refractivity contribution in [2.45, 2.75) is 58.8 Å². The molecule has 0 bridgehead atoms. The monoisotopic (exact) mass is 502 g/mol. The number of unbranched alkanes of at least 4 members (excludes halogenated alkanes) is 1. The molecule has 2 N–H and O–H groups in total. The minimum Gasteiger partial charge on any atom is -0.455 e. The summed E-state index contributed by atoms with van der Waals surface area (Å²) in [5.41, 5.74) is 7.25. The number of nitrogens with zero attached hydrogens (tertiary/aromatic N) is 2. The molecule has 0 atom stereocenters. The topological polar surface area (TPSA) is 127 Å². The lowest BCUT2D eigenvalue weighted by Crippen LogP contribution is -2.23. The zero-order valence-electron chi connectivity index (χ0n) is 21.0. The van der Waals surface area contributed by atoms with Crippen LogP contribution in [-0.2, 0) is 24.1 Å². The molecule has 3 aromatic rings. The highest BCUT2D eigenvalue weighted by Gasteiger charge is 2.28. The van der Waals surface area contributed by atoms with E-state index in [2.05, 4.69) is 22.8 Å². The largest absolute Gasteiger partial charge is 0.455 e. The highest BCUT2D eigenvalue weighted by Crippen LogP contribution is 2.30. The maximum absolute atomic E-state index is 13.0. The predicted molar refractivity (Wildman–Crippen MR) is 141 cm³/mol. The number of aryl methyl sites for hydroxylation is 2. The molecule has 9 nitrogen and oxygen atoms in total. The average Bonchev–Trinajstić information content (AvgIpc) is 3.24. The van der Waals surface area contributed by atoms with E-state index >= 15 is 0 Å². The van der Waals surface area contributed by atoms with Crippen LogP contribution in [0, 0.1) is 17.0 Å². The number of benzene rings is 2. The summed E-state index contributed by atoms with van der Waals surface area (Å²) in [6, 6.07) is 13.7. The first-order valence-corrected chi connectivity index (χ1v) is 12.5. The first-order chi connectivity index (χ1) is 17.9. The number of non-ortho nitro benzene ring substituents is 1. The molecule has 0 radical (unpaired) electrons. The van der Waals surface area contributed by atoms with Crippen molar-refractivity contribution in [3.63, 3.8) is 0 Å². The van der Waals surface area contributed by atoms with Crippen LogP contribution in [0.2, 0.25) is 0 Å². The van der Waals surface area contributed by atoms with Gasteiger partial charge < -0.3 is 9.73 Å². The molecule has 1 heterocycles. The molecule has 0 spiro atoms. The molecule has 0 aliphatic heterocycles. The summed E-state index contributed by atoms with van der Waals surface area (Å²) < 4.78 is 5.95. The Morgan fingerprint density at radius 3 is 2.43 bits per heavy atom. The second-order valence-corrected chi connectivity index (χ2v) is 9.16. The van der Waals surface area contributed by atoms with Gasteiger partial charge in [-0.25, -0.2) is 5.43 Å². The molecule has 2 amide bonds. The van der Waals surface area contributed by atoms with E-state index in [9.17, 15) is 19.7 Å². The minimum atomic E-state index is -0.484. The number of carbonyl (C=O) groups excluding carboxylic acids is 2. The van der Waals surface area contributed by atoms with Gasteiger partial charge in [-0.15, -0.1) is 0 Å². The molecule has 1 aromatic heterocycles. The Morgan fingerprint density at radius 2 is 1.76 bits per heavy atom. The number of hydrogen-bond acceptors (Lipinski definition) is 6. The number of hydrogen-bond donors (Lipinski definition) is 2. The van der Waals surface area contributed by atoms with Crippen LogP contribution in [0.25, 0.3) is 0 Å². The normalized spacial score (nSPS) is 13.7. The van der Waals surface area contributed by atoms with Crippen LogP contribution in [0.5, 0.6) is 0 Å². The summed E-state index contributed by atoms with van der Waals surface area (Å²) in [6.45, 7) is 3.98. The van der Waals surface area contributed by atoms with Crippen LogP contribution in [0.4, 0.5) is 11.4 Å². The van der Waals surface area contributed by atoms with E-state index in [1.165, 1.54) is 17.7 Å². The SMILES string of the molecule is CCCCc1ccc(NC(=O)c2oc3c(c2C)/C(=N/NC(=O)Cc2ccc([N+](=O)[O-])cc2)CCC3)cc1. The van der Waals surface area contributed by atoms with Gasteiger partial charge in [-0.3, -0.25) is 19.7 Å². The third-order valence-electron chi connectivity index (χ3n) is 6.39. The maximum Gasteiger partial charge on any atom is 0.291 e. The number of nitro benzene ring substituents is 1. The van der Waals surface area contributed by atoms with Gasteiger partial charge in [0.1, 0.15) is 5.76 Å². The number of anilines is 1. The van der Waals surface area contributed by atoms with Crippen molar-refractivity contribution in [1.29, 1.82) is 0 Å². The van der Waals surface area contributed by atoms with Crippen molar-refractivity contribution in [3.05, 3.63) is 92.4 Å². The molecule has 0 fully saturated rings. The van der Waals surface area contributed by atoms with Crippen LogP contribution >= 0.6 is 0 Å². The molecule has 37 heavy (non-hydrogen) atoms. The molecular weight excluding hydrogens is 472 g/mol. The number of rotatable bonds is 9. The number of hydrazone groups is 1. The summed E-state index contributed by atoms with van der Waals surface area (Å²) >= 11 is 0. The van der Waals surface area contributed by atoms with Gasteiger partial charge in [-0.2, -0.15) is 5.10 Å². The summed E-state index contributed by atoms with van der Waals surface area (Å²) in [5.74, 6) is 0.267. The Hall–Kier alpha value is -4.27.